The Morgan fingerprint density at radius 3 is 2.47 bits per heavy atom. The van der Waals surface area contributed by atoms with Gasteiger partial charge in [0, 0.05) is 25.0 Å². The fourth-order valence-electron chi connectivity index (χ4n) is 2.67. The minimum Gasteiger partial charge on any atom is -0.344 e. The van der Waals surface area contributed by atoms with E-state index in [4.69, 9.17) is 5.73 Å². The van der Waals surface area contributed by atoms with Crippen LogP contribution >= 0.6 is 0 Å². The lowest BCUT2D eigenvalue weighted by molar-refractivity contribution is -0.137. The van der Waals surface area contributed by atoms with Gasteiger partial charge in [-0.2, -0.15) is 0 Å². The van der Waals surface area contributed by atoms with E-state index < -0.39 is 6.04 Å². The smallest absolute Gasteiger partial charge is 0.244 e. The monoisotopic (exact) mass is 269 g/mol. The molecule has 3 N–H and O–H groups in total. The van der Waals surface area contributed by atoms with Crippen LogP contribution in [0.4, 0.5) is 0 Å². The van der Waals surface area contributed by atoms with Gasteiger partial charge in [-0.25, -0.2) is 0 Å². The maximum Gasteiger partial charge on any atom is 0.244 e. The van der Waals surface area contributed by atoms with E-state index in [0.717, 1.165) is 25.7 Å². The summed E-state index contributed by atoms with van der Waals surface area (Å²) >= 11 is 0. The number of amides is 2. The molecule has 1 fully saturated rings. The number of carbonyl (C=O) groups is 2. The van der Waals surface area contributed by atoms with Gasteiger partial charge in [-0.15, -0.1) is 0 Å². The van der Waals surface area contributed by atoms with Crippen molar-refractivity contribution in [2.45, 2.75) is 58.5 Å². The van der Waals surface area contributed by atoms with Crippen molar-refractivity contribution >= 4 is 11.8 Å². The topological polar surface area (TPSA) is 75.4 Å². The molecule has 0 aromatic rings. The number of hydrogen-bond donors (Lipinski definition) is 2. The number of nitrogens with one attached hydrogen (secondary N) is 1. The number of nitrogens with two attached hydrogens (primary N) is 1. The maximum absolute atomic E-state index is 12.1. The molecular weight excluding hydrogens is 242 g/mol. The molecule has 3 atom stereocenters. The molecule has 19 heavy (non-hydrogen) atoms. The second-order valence-electron chi connectivity index (χ2n) is 5.36. The fraction of sp³-hybridized carbons (Fsp3) is 0.857. The molecular formula is C14H27N3O2. The van der Waals surface area contributed by atoms with Crippen LogP contribution in [0.15, 0.2) is 0 Å². The molecule has 5 heteroatoms. The SMILES string of the molecule is CCN(CC)C(=O)C(C)NC(=O)C1CCCC(N)C1. The van der Waals surface area contributed by atoms with E-state index >= 15 is 0 Å². The molecule has 0 radical (unpaired) electrons. The van der Waals surface area contributed by atoms with Crippen molar-refractivity contribution in [3.8, 4) is 0 Å². The van der Waals surface area contributed by atoms with Crippen LogP contribution in [0.2, 0.25) is 0 Å². The molecule has 0 aromatic heterocycles. The largest absolute Gasteiger partial charge is 0.344 e. The van der Waals surface area contributed by atoms with Crippen LogP contribution in [0.25, 0.3) is 0 Å². The third kappa shape index (κ3) is 4.49. The third-order valence-electron chi connectivity index (χ3n) is 3.89. The predicted octanol–water partition coefficient (Wildman–Crippen LogP) is 0.877. The quantitative estimate of drug-likeness (QED) is 0.778. The van der Waals surface area contributed by atoms with Crippen LogP contribution in [-0.4, -0.2) is 41.9 Å². The molecule has 110 valence electrons. The van der Waals surface area contributed by atoms with Gasteiger partial charge in [-0.3, -0.25) is 9.59 Å². The lowest BCUT2D eigenvalue weighted by Gasteiger charge is -2.28. The van der Waals surface area contributed by atoms with Crippen LogP contribution in [-0.2, 0) is 9.59 Å². The predicted molar refractivity (Wildman–Crippen MR) is 75.5 cm³/mol. The molecule has 3 unspecified atom stereocenters. The highest BCUT2D eigenvalue weighted by Crippen LogP contribution is 2.23. The highest BCUT2D eigenvalue weighted by atomic mass is 16.2. The Balaban J connectivity index is 2.49. The van der Waals surface area contributed by atoms with Crippen LogP contribution in [0.1, 0.15) is 46.5 Å². The number of hydrogen-bond acceptors (Lipinski definition) is 3. The normalized spacial score (nSPS) is 24.6. The van der Waals surface area contributed by atoms with Crippen LogP contribution < -0.4 is 11.1 Å². The van der Waals surface area contributed by atoms with E-state index in [-0.39, 0.29) is 23.8 Å². The molecule has 5 nitrogen and oxygen atoms in total. The van der Waals surface area contributed by atoms with Gasteiger partial charge in [-0.1, -0.05) is 6.42 Å². The maximum atomic E-state index is 12.1. The van der Waals surface area contributed by atoms with Gasteiger partial charge < -0.3 is 16.0 Å². The molecule has 2 amide bonds. The van der Waals surface area contributed by atoms with Crippen molar-refractivity contribution in [2.24, 2.45) is 11.7 Å². The standard InChI is InChI=1S/C14H27N3O2/c1-4-17(5-2)14(19)10(3)16-13(18)11-7-6-8-12(15)9-11/h10-12H,4-9,15H2,1-3H3,(H,16,18). The van der Waals surface area contributed by atoms with Gasteiger partial charge in [0.15, 0.2) is 0 Å². The first-order valence-electron chi connectivity index (χ1n) is 7.34. The van der Waals surface area contributed by atoms with E-state index in [1.54, 1.807) is 11.8 Å². The van der Waals surface area contributed by atoms with Crippen molar-refractivity contribution in [2.75, 3.05) is 13.1 Å². The van der Waals surface area contributed by atoms with Crippen LogP contribution in [0.5, 0.6) is 0 Å². The summed E-state index contributed by atoms with van der Waals surface area (Å²) < 4.78 is 0. The molecule has 0 saturated heterocycles. The van der Waals surface area contributed by atoms with Gasteiger partial charge in [-0.05, 0) is 40.0 Å². The van der Waals surface area contributed by atoms with E-state index in [9.17, 15) is 9.59 Å². The second-order valence-corrected chi connectivity index (χ2v) is 5.36. The van der Waals surface area contributed by atoms with Gasteiger partial charge in [0.25, 0.3) is 0 Å². The summed E-state index contributed by atoms with van der Waals surface area (Å²) in [6.45, 7) is 6.97. The lowest BCUT2D eigenvalue weighted by Crippen LogP contribution is -2.49. The summed E-state index contributed by atoms with van der Waals surface area (Å²) in [5.41, 5.74) is 5.89. The van der Waals surface area contributed by atoms with Crippen molar-refractivity contribution < 1.29 is 9.59 Å². The van der Waals surface area contributed by atoms with Gasteiger partial charge >= 0.3 is 0 Å². The molecule has 0 aliphatic heterocycles. The fourth-order valence-corrected chi connectivity index (χ4v) is 2.67. The number of carbonyl (C=O) groups excluding carboxylic acids is 2. The molecule has 0 bridgehead atoms. The third-order valence-corrected chi connectivity index (χ3v) is 3.89. The summed E-state index contributed by atoms with van der Waals surface area (Å²) in [5, 5.41) is 2.83. The zero-order valence-corrected chi connectivity index (χ0v) is 12.3. The van der Waals surface area contributed by atoms with Gasteiger partial charge in [0.1, 0.15) is 6.04 Å². The Hall–Kier alpha value is -1.10. The van der Waals surface area contributed by atoms with E-state index in [0.29, 0.717) is 13.1 Å². The summed E-state index contributed by atoms with van der Waals surface area (Å²) in [5.74, 6) is -0.0719. The highest BCUT2D eigenvalue weighted by molar-refractivity contribution is 5.88. The summed E-state index contributed by atoms with van der Waals surface area (Å²) in [4.78, 5) is 25.9. The lowest BCUT2D eigenvalue weighted by atomic mass is 9.85. The van der Waals surface area contributed by atoms with Gasteiger partial charge in [0.2, 0.25) is 11.8 Å². The zero-order chi connectivity index (χ0) is 14.4. The van der Waals surface area contributed by atoms with Crippen molar-refractivity contribution in [1.82, 2.24) is 10.2 Å². The Bertz CT molecular complexity index is 316. The van der Waals surface area contributed by atoms with Crippen molar-refractivity contribution in [3.05, 3.63) is 0 Å². The van der Waals surface area contributed by atoms with Crippen molar-refractivity contribution in [3.63, 3.8) is 0 Å². The average Bonchev–Trinajstić information content (AvgIpc) is 2.39. The summed E-state index contributed by atoms with van der Waals surface area (Å²) in [6, 6.07) is -0.330. The zero-order valence-electron chi connectivity index (χ0n) is 12.3. The minimum absolute atomic E-state index is 0.0153. The number of nitrogens with zero attached hydrogens (tertiary/aromatic N) is 1. The molecule has 1 aliphatic rings. The van der Waals surface area contributed by atoms with E-state index in [1.807, 2.05) is 13.8 Å². The Morgan fingerprint density at radius 2 is 1.95 bits per heavy atom. The minimum atomic E-state index is -0.453. The average molecular weight is 269 g/mol. The molecule has 0 spiro atoms. The molecule has 1 saturated carbocycles. The Morgan fingerprint density at radius 1 is 1.32 bits per heavy atom. The number of rotatable bonds is 5. The molecule has 1 aliphatic carbocycles. The van der Waals surface area contributed by atoms with Crippen LogP contribution in [0, 0.1) is 5.92 Å². The van der Waals surface area contributed by atoms with E-state index in [1.165, 1.54) is 0 Å². The second kappa shape index (κ2) is 7.48. The highest BCUT2D eigenvalue weighted by Gasteiger charge is 2.28. The molecule has 0 heterocycles. The first-order chi connectivity index (χ1) is 8.99. The molecule has 1 rings (SSSR count). The number of likely N-dealkylation sites (N-methyl/N-ethyl adjacent to an activating group) is 1. The Kier molecular flexibility index (Phi) is 6.28. The van der Waals surface area contributed by atoms with E-state index in [2.05, 4.69) is 5.32 Å². The first-order valence-corrected chi connectivity index (χ1v) is 7.34. The van der Waals surface area contributed by atoms with Gasteiger partial charge in [0.05, 0.1) is 0 Å². The summed E-state index contributed by atoms with van der Waals surface area (Å²) in [6.07, 6.45) is 3.61. The van der Waals surface area contributed by atoms with Crippen molar-refractivity contribution in [1.29, 1.82) is 0 Å². The Labute approximate surface area is 115 Å². The van der Waals surface area contributed by atoms with Crippen LogP contribution in [0.3, 0.4) is 0 Å². The molecule has 0 aromatic carbocycles. The summed E-state index contributed by atoms with van der Waals surface area (Å²) in [7, 11) is 0. The first kappa shape index (κ1) is 16.0.